The first-order valence-electron chi connectivity index (χ1n) is 11.3. The number of benzene rings is 1. The van der Waals surface area contributed by atoms with E-state index < -0.39 is 11.0 Å². The van der Waals surface area contributed by atoms with Crippen molar-refractivity contribution in [3.05, 3.63) is 54.2 Å². The molecule has 2 aliphatic rings. The smallest absolute Gasteiger partial charge is 0.226 e. The van der Waals surface area contributed by atoms with Crippen LogP contribution >= 0.6 is 0 Å². The zero-order valence-corrected chi connectivity index (χ0v) is 18.6. The Morgan fingerprint density at radius 3 is 2.75 bits per heavy atom. The number of nitrogens with zero attached hydrogens (tertiary/aromatic N) is 4. The van der Waals surface area contributed by atoms with E-state index >= 15 is 0 Å². The average Bonchev–Trinajstić information content (AvgIpc) is 2.80. The molecule has 2 fully saturated rings. The van der Waals surface area contributed by atoms with Crippen molar-refractivity contribution < 1.29 is 14.3 Å². The summed E-state index contributed by atoms with van der Waals surface area (Å²) in [5.41, 5.74) is -0.803. The van der Waals surface area contributed by atoms with Crippen molar-refractivity contribution in [2.75, 3.05) is 44.7 Å². The van der Waals surface area contributed by atoms with Crippen LogP contribution in [0.5, 0.6) is 0 Å². The minimum absolute atomic E-state index is 0.0556. The number of aliphatic hydroxyl groups is 1. The van der Waals surface area contributed by atoms with Crippen LogP contribution in [0.15, 0.2) is 42.9 Å². The Bertz CT molecular complexity index is 920. The summed E-state index contributed by atoms with van der Waals surface area (Å²) in [5.74, 6) is 0.390. The third-order valence-corrected chi connectivity index (χ3v) is 6.86. The summed E-state index contributed by atoms with van der Waals surface area (Å²) in [6.45, 7) is 3.00. The highest BCUT2D eigenvalue weighted by Crippen LogP contribution is 2.36. The molecule has 1 amide bonds. The fourth-order valence-corrected chi connectivity index (χ4v) is 4.91. The Kier molecular flexibility index (Phi) is 6.71. The zero-order valence-electron chi connectivity index (χ0n) is 18.6. The molecule has 8 heteroatoms. The molecule has 172 valence electrons. The second-order valence-electron chi connectivity index (χ2n) is 9.39. The molecule has 0 aliphatic carbocycles. The molecule has 0 spiro atoms. The lowest BCUT2D eigenvalue weighted by atomic mass is 9.73. The highest BCUT2D eigenvalue weighted by atomic mass is 19.1. The van der Waals surface area contributed by atoms with Crippen LogP contribution in [-0.2, 0) is 11.2 Å². The summed E-state index contributed by atoms with van der Waals surface area (Å²) in [6.07, 6.45) is 8.28. The van der Waals surface area contributed by atoms with Crippen LogP contribution < -0.4 is 10.2 Å². The Labute approximate surface area is 188 Å². The fourth-order valence-electron chi connectivity index (χ4n) is 4.91. The van der Waals surface area contributed by atoms with Crippen molar-refractivity contribution in [1.29, 1.82) is 0 Å². The number of anilines is 1. The van der Waals surface area contributed by atoms with E-state index in [1.165, 1.54) is 12.1 Å². The van der Waals surface area contributed by atoms with Gasteiger partial charge >= 0.3 is 0 Å². The van der Waals surface area contributed by atoms with Crippen molar-refractivity contribution in [3.8, 4) is 0 Å². The molecule has 0 saturated carbocycles. The normalized spacial score (nSPS) is 23.7. The first-order valence-corrected chi connectivity index (χ1v) is 11.3. The third kappa shape index (κ3) is 5.24. The number of hydrogen-bond acceptors (Lipinski definition) is 6. The standard InChI is InChI=1S/C24H32FN5O2/c1-29-12-7-23(8-13-29,15-19-4-2-5-20(25)14-19)22(31)28-17-24(32)6-3-11-30(18-24)21-16-26-9-10-27-21/h2,4-5,9-10,14,16,32H,3,6-8,11-13,15,17-18H2,1H3,(H,28,31)/t24-/m1/s1. The third-order valence-electron chi connectivity index (χ3n) is 6.86. The Morgan fingerprint density at radius 2 is 2.03 bits per heavy atom. The number of aromatic nitrogens is 2. The highest BCUT2D eigenvalue weighted by Gasteiger charge is 2.42. The van der Waals surface area contributed by atoms with Gasteiger partial charge in [-0.25, -0.2) is 9.37 Å². The molecular formula is C24H32FN5O2. The van der Waals surface area contributed by atoms with Gasteiger partial charge in [0, 0.05) is 32.0 Å². The molecular weight excluding hydrogens is 409 g/mol. The minimum atomic E-state index is -1.03. The molecule has 1 aromatic heterocycles. The van der Waals surface area contributed by atoms with Gasteiger partial charge < -0.3 is 20.2 Å². The number of piperidine rings is 2. The largest absolute Gasteiger partial charge is 0.386 e. The topological polar surface area (TPSA) is 81.6 Å². The predicted molar refractivity (Wildman–Crippen MR) is 121 cm³/mol. The van der Waals surface area contributed by atoms with E-state index in [9.17, 15) is 14.3 Å². The summed E-state index contributed by atoms with van der Waals surface area (Å²) in [4.78, 5) is 26.2. The van der Waals surface area contributed by atoms with E-state index in [0.717, 1.165) is 37.4 Å². The number of halogens is 1. The Balaban J connectivity index is 1.44. The monoisotopic (exact) mass is 441 g/mol. The molecule has 2 saturated heterocycles. The maximum atomic E-state index is 13.8. The molecule has 0 unspecified atom stereocenters. The maximum absolute atomic E-state index is 13.8. The van der Waals surface area contributed by atoms with Crippen LogP contribution in [-0.4, -0.2) is 71.3 Å². The van der Waals surface area contributed by atoms with E-state index in [0.29, 0.717) is 32.2 Å². The van der Waals surface area contributed by atoms with Gasteiger partial charge in [-0.3, -0.25) is 9.78 Å². The molecule has 0 bridgehead atoms. The van der Waals surface area contributed by atoms with Crippen LogP contribution in [0.1, 0.15) is 31.2 Å². The van der Waals surface area contributed by atoms with Crippen molar-refractivity contribution >= 4 is 11.7 Å². The number of rotatable bonds is 6. The van der Waals surface area contributed by atoms with Crippen LogP contribution in [0.25, 0.3) is 0 Å². The van der Waals surface area contributed by atoms with Crippen LogP contribution in [0, 0.1) is 11.2 Å². The van der Waals surface area contributed by atoms with Gasteiger partial charge in [0.15, 0.2) is 0 Å². The fraction of sp³-hybridized carbons (Fsp3) is 0.542. The number of nitrogens with one attached hydrogen (secondary N) is 1. The number of amides is 1. The van der Waals surface area contributed by atoms with Gasteiger partial charge in [-0.2, -0.15) is 0 Å². The van der Waals surface area contributed by atoms with E-state index in [-0.39, 0.29) is 18.3 Å². The number of carbonyl (C=O) groups excluding carboxylic acids is 1. The lowest BCUT2D eigenvalue weighted by Crippen LogP contribution is -2.57. The molecule has 0 radical (unpaired) electrons. The number of β-amino-alcohol motifs (C(OH)–C–C–N with tert-alkyl or cyclic N) is 1. The van der Waals surface area contributed by atoms with Gasteiger partial charge in [0.1, 0.15) is 11.6 Å². The maximum Gasteiger partial charge on any atom is 0.226 e. The second kappa shape index (κ2) is 9.50. The van der Waals surface area contributed by atoms with Gasteiger partial charge in [0.2, 0.25) is 5.91 Å². The Morgan fingerprint density at radius 1 is 1.22 bits per heavy atom. The number of likely N-dealkylation sites (tertiary alicyclic amines) is 1. The lowest BCUT2D eigenvalue weighted by molar-refractivity contribution is -0.135. The van der Waals surface area contributed by atoms with E-state index in [1.54, 1.807) is 24.7 Å². The molecule has 1 atom stereocenters. The minimum Gasteiger partial charge on any atom is -0.386 e. The van der Waals surface area contributed by atoms with Crippen molar-refractivity contribution in [1.82, 2.24) is 20.2 Å². The molecule has 2 N–H and O–H groups in total. The SMILES string of the molecule is CN1CCC(Cc2cccc(F)c2)(C(=O)NC[C@]2(O)CCCN(c3cnccn3)C2)CC1. The van der Waals surface area contributed by atoms with Crippen molar-refractivity contribution in [2.45, 2.75) is 37.7 Å². The molecule has 7 nitrogen and oxygen atoms in total. The summed E-state index contributed by atoms with van der Waals surface area (Å²) in [5, 5.41) is 14.3. The van der Waals surface area contributed by atoms with E-state index in [1.807, 2.05) is 11.0 Å². The second-order valence-corrected chi connectivity index (χ2v) is 9.39. The van der Waals surface area contributed by atoms with Gasteiger partial charge in [-0.1, -0.05) is 12.1 Å². The van der Waals surface area contributed by atoms with Crippen LogP contribution in [0.4, 0.5) is 10.2 Å². The summed E-state index contributed by atoms with van der Waals surface area (Å²) in [7, 11) is 2.05. The molecule has 3 heterocycles. The first-order chi connectivity index (χ1) is 15.4. The summed E-state index contributed by atoms with van der Waals surface area (Å²) >= 11 is 0. The number of carbonyl (C=O) groups is 1. The van der Waals surface area contributed by atoms with Gasteiger partial charge in [0.25, 0.3) is 0 Å². The Hall–Kier alpha value is -2.58. The molecule has 2 aromatic rings. The van der Waals surface area contributed by atoms with Crippen LogP contribution in [0.2, 0.25) is 0 Å². The molecule has 4 rings (SSSR count). The first kappa shape index (κ1) is 22.6. The summed E-state index contributed by atoms with van der Waals surface area (Å²) < 4.78 is 13.8. The molecule has 2 aliphatic heterocycles. The zero-order chi connectivity index (χ0) is 22.6. The lowest BCUT2D eigenvalue weighted by Gasteiger charge is -2.42. The molecule has 1 aromatic carbocycles. The van der Waals surface area contributed by atoms with Crippen LogP contribution in [0.3, 0.4) is 0 Å². The van der Waals surface area contributed by atoms with Crippen molar-refractivity contribution in [2.24, 2.45) is 5.41 Å². The highest BCUT2D eigenvalue weighted by molar-refractivity contribution is 5.83. The van der Waals surface area contributed by atoms with E-state index in [4.69, 9.17) is 0 Å². The van der Waals surface area contributed by atoms with E-state index in [2.05, 4.69) is 27.2 Å². The van der Waals surface area contributed by atoms with Gasteiger partial charge in [0.05, 0.1) is 17.2 Å². The molecule has 32 heavy (non-hydrogen) atoms. The summed E-state index contributed by atoms with van der Waals surface area (Å²) in [6, 6.07) is 6.51. The van der Waals surface area contributed by atoms with Gasteiger partial charge in [-0.05, 0) is 69.9 Å². The quantitative estimate of drug-likeness (QED) is 0.714. The predicted octanol–water partition coefficient (Wildman–Crippen LogP) is 2.02. The number of hydrogen-bond donors (Lipinski definition) is 2. The average molecular weight is 442 g/mol. The van der Waals surface area contributed by atoms with Gasteiger partial charge in [-0.15, -0.1) is 0 Å². The van der Waals surface area contributed by atoms with Crippen molar-refractivity contribution in [3.63, 3.8) is 0 Å².